The van der Waals surface area contributed by atoms with Crippen LogP contribution in [0.15, 0.2) is 251 Å². The summed E-state index contributed by atoms with van der Waals surface area (Å²) in [5, 5.41) is 4.24. The van der Waals surface area contributed by atoms with Crippen molar-refractivity contribution in [2.75, 3.05) is 11.9 Å². The molecule has 1 aromatic heterocycles. The topological polar surface area (TPSA) is 28.0 Å². The zero-order valence-corrected chi connectivity index (χ0v) is 44.7. The van der Waals surface area contributed by atoms with Gasteiger partial charge in [-0.05, 0) is 106 Å². The second-order valence-corrected chi connectivity index (χ2v) is 17.4. The lowest BCUT2D eigenvalue weighted by Crippen LogP contribution is -2.16. The second-order valence-electron chi connectivity index (χ2n) is 15.4. The van der Waals surface area contributed by atoms with Crippen LogP contribution in [-0.2, 0) is 6.66 Å². The molecule has 2 heterocycles. The normalized spacial score (nSPS) is 14.7. The molecule has 0 saturated carbocycles. The number of hydrogen-bond donors (Lipinski definition) is 0. The van der Waals surface area contributed by atoms with Crippen molar-refractivity contribution in [3.8, 4) is 34.3 Å². The Labute approximate surface area is 424 Å². The molecule has 3 aliphatic rings. The van der Waals surface area contributed by atoms with E-state index < -0.39 is 7.53 Å². The van der Waals surface area contributed by atoms with Gasteiger partial charge in [-0.25, -0.2) is 0 Å². The summed E-state index contributed by atoms with van der Waals surface area (Å²) in [4.78, 5) is 12.1. The highest BCUT2D eigenvalue weighted by Gasteiger charge is 2.29. The minimum absolute atomic E-state index is 0.528. The average Bonchev–Trinajstić information content (AvgIpc) is 3.78. The van der Waals surface area contributed by atoms with Crippen molar-refractivity contribution in [2.45, 2.75) is 81.6 Å². The van der Waals surface area contributed by atoms with E-state index in [9.17, 15) is 0 Å². The minimum Gasteiger partial charge on any atom is -0.310 e. The highest BCUT2D eigenvalue weighted by Crippen LogP contribution is 2.60. The number of rotatable bonds is 12. The SMILES string of the molecule is C#CC.C1=CC=CCC=C1.C=C(/C=C\C(=C/C)N1c2ccccc2-c2c(p(C)c3ccccc23)-c2ccccc21)C(\C=C(C/C=C\C(=C/C)C1=CC=CC=CC1)/N=C\C(\C=C/C)=C\C)=NC.CC.CC. The van der Waals surface area contributed by atoms with Crippen molar-refractivity contribution in [2.24, 2.45) is 16.6 Å². The number of hydrogen-bond acceptors (Lipinski definition) is 3. The van der Waals surface area contributed by atoms with E-state index in [0.29, 0.717) is 6.42 Å². The van der Waals surface area contributed by atoms with E-state index in [1.54, 1.807) is 6.92 Å². The zero-order valence-electron chi connectivity index (χ0n) is 43.8. The Morgan fingerprint density at radius 1 is 0.743 bits per heavy atom. The van der Waals surface area contributed by atoms with E-state index in [2.05, 4.69) is 226 Å². The molecule has 1 unspecified atom stereocenters. The van der Waals surface area contributed by atoms with Crippen LogP contribution in [0.4, 0.5) is 11.4 Å². The lowest BCUT2D eigenvalue weighted by Gasteiger charge is -2.28. The first kappa shape index (κ1) is 57.1. The third-order valence-electron chi connectivity index (χ3n) is 11.1. The summed E-state index contributed by atoms with van der Waals surface area (Å²) in [5.74, 6) is 2.25. The van der Waals surface area contributed by atoms with Crippen molar-refractivity contribution < 1.29 is 0 Å². The highest BCUT2D eigenvalue weighted by atomic mass is 31.1. The predicted molar refractivity (Wildman–Crippen MR) is 319 cm³/mol. The maximum absolute atomic E-state index is 4.97. The third-order valence-corrected chi connectivity index (χ3v) is 13.3. The summed E-state index contributed by atoms with van der Waals surface area (Å²) < 4.78 is 0. The summed E-state index contributed by atoms with van der Waals surface area (Å²) in [6.07, 6.45) is 53.4. The minimum atomic E-state index is -0.528. The molecule has 0 N–H and O–H groups in total. The number of fused-ring (bicyclic) bond motifs is 7. The number of allylic oxidation sites excluding steroid dienone is 25. The van der Waals surface area contributed by atoms with Gasteiger partial charge in [0.2, 0.25) is 0 Å². The standard InChI is InChI=1S/C52H52N3P.C7H8.C3H4.2C2H6/c1-8-23-39(9-2)37-54-42(27-22-26-40(10-3)41-24-14-12-13-15-25-41)36-47(53-6)38(5)34-35-43(11-4)55-48-31-19-16-28-44(48)51-46-30-18-21-33-50(46)56(7)52(51)45-29-17-20-32-49(45)55;1-2-4-6-7-5-3-1;1-3-2;2*1-2/h8-24,26,28-37H,5,25,27H2,1-4,6-7H3;1-6H,7H2;1H,2H3;2*1-2H3/b23-8-,26-22-,35-34-,39-9+,40-10+,42-36-,43-11+,53-47?,54-37-;;;;. The maximum Gasteiger partial charge on any atom is 0.0655 e. The van der Waals surface area contributed by atoms with Gasteiger partial charge in [-0.2, -0.15) is 0 Å². The van der Waals surface area contributed by atoms with E-state index in [1.165, 1.54) is 49.3 Å². The second kappa shape index (κ2) is 32.5. The molecule has 1 aliphatic heterocycles. The smallest absolute Gasteiger partial charge is 0.0655 e. The molecular weight excluding hydrogens is 866 g/mol. The number of aryl methyl sites for hydroxylation is 1. The van der Waals surface area contributed by atoms with Crippen molar-refractivity contribution in [1.29, 1.82) is 0 Å². The van der Waals surface area contributed by atoms with Crippen LogP contribution in [0, 0.1) is 12.3 Å². The number of nitrogens with zero attached hydrogens (tertiary/aromatic N) is 3. The number of anilines is 2. The van der Waals surface area contributed by atoms with Crippen LogP contribution >= 0.6 is 7.53 Å². The van der Waals surface area contributed by atoms with Crippen LogP contribution in [0.3, 0.4) is 0 Å². The zero-order chi connectivity index (χ0) is 51.1. The molecule has 0 bridgehead atoms. The molecule has 3 nitrogen and oxygen atoms in total. The van der Waals surface area contributed by atoms with Crippen LogP contribution in [0.25, 0.3) is 32.5 Å². The molecule has 0 saturated heterocycles. The fourth-order valence-electron chi connectivity index (χ4n) is 7.89. The molecule has 2 aliphatic carbocycles. The first-order valence-corrected chi connectivity index (χ1v) is 26.5. The van der Waals surface area contributed by atoms with Gasteiger partial charge in [-0.15, -0.1) is 19.9 Å². The van der Waals surface area contributed by atoms with Crippen LogP contribution in [0.2, 0.25) is 0 Å². The van der Waals surface area contributed by atoms with Gasteiger partial charge >= 0.3 is 0 Å². The molecule has 70 heavy (non-hydrogen) atoms. The molecule has 0 amide bonds. The van der Waals surface area contributed by atoms with Crippen molar-refractivity contribution >= 4 is 41.3 Å². The Bertz CT molecular complexity index is 2850. The molecule has 0 radical (unpaired) electrons. The van der Waals surface area contributed by atoms with Gasteiger partial charge in [0.1, 0.15) is 0 Å². The van der Waals surface area contributed by atoms with Crippen molar-refractivity contribution in [3.63, 3.8) is 0 Å². The summed E-state index contributed by atoms with van der Waals surface area (Å²) in [5.41, 5.74) is 13.3. The van der Waals surface area contributed by atoms with Crippen LogP contribution in [0.5, 0.6) is 0 Å². The lowest BCUT2D eigenvalue weighted by molar-refractivity contribution is 1.16. The average molecular weight is 942 g/mol. The fraction of sp³-hybridized carbons (Fsp3) is 0.212. The van der Waals surface area contributed by atoms with Gasteiger partial charge in [0.25, 0.3) is 0 Å². The summed E-state index contributed by atoms with van der Waals surface area (Å²) in [7, 11) is 1.29. The van der Waals surface area contributed by atoms with Gasteiger partial charge in [0.05, 0.1) is 17.1 Å². The monoisotopic (exact) mass is 942 g/mol. The van der Waals surface area contributed by atoms with Crippen LogP contribution in [-0.4, -0.2) is 19.0 Å². The molecule has 0 spiro atoms. The van der Waals surface area contributed by atoms with Crippen LogP contribution in [0.1, 0.15) is 81.6 Å². The van der Waals surface area contributed by atoms with E-state index >= 15 is 0 Å². The Hall–Kier alpha value is -7.24. The highest BCUT2D eigenvalue weighted by molar-refractivity contribution is 7.57. The molecule has 0 fully saturated rings. The van der Waals surface area contributed by atoms with E-state index in [-0.39, 0.29) is 0 Å². The summed E-state index contributed by atoms with van der Waals surface area (Å²) >= 11 is 0. The van der Waals surface area contributed by atoms with Gasteiger partial charge in [-0.1, -0.05) is 210 Å². The largest absolute Gasteiger partial charge is 0.310 e. The first-order valence-electron chi connectivity index (χ1n) is 24.7. The van der Waals surface area contributed by atoms with Crippen molar-refractivity contribution in [1.82, 2.24) is 0 Å². The fourth-order valence-corrected chi connectivity index (χ4v) is 10.1. The first-order chi connectivity index (χ1) is 34.3. The Balaban J connectivity index is 0.000000815. The Kier molecular flexibility index (Phi) is 26.5. The van der Waals surface area contributed by atoms with Gasteiger partial charge in [-0.3, -0.25) is 9.98 Å². The number of benzene rings is 3. The lowest BCUT2D eigenvalue weighted by atomic mass is 9.99. The van der Waals surface area contributed by atoms with E-state index in [1.807, 2.05) is 73.0 Å². The molecule has 7 rings (SSSR count). The molecular formula is C66H76N3P. The number of para-hydroxylation sites is 2. The predicted octanol–water partition coefficient (Wildman–Crippen LogP) is 19.8. The maximum atomic E-state index is 4.97. The number of terminal acetylenes is 1. The molecule has 4 aromatic rings. The molecule has 1 atom stereocenters. The third kappa shape index (κ3) is 15.9. The Morgan fingerprint density at radius 3 is 2.00 bits per heavy atom. The van der Waals surface area contributed by atoms with Crippen LogP contribution < -0.4 is 4.90 Å². The quantitative estimate of drug-likeness (QED) is 0.0790. The van der Waals surface area contributed by atoms with Gasteiger partial charge < -0.3 is 4.90 Å². The molecule has 360 valence electrons. The van der Waals surface area contributed by atoms with E-state index in [0.717, 1.165) is 46.8 Å². The molecule has 3 aromatic carbocycles. The van der Waals surface area contributed by atoms with Gasteiger partial charge in [0.15, 0.2) is 0 Å². The Morgan fingerprint density at radius 2 is 1.36 bits per heavy atom. The number of aliphatic imine (C=N–C) groups is 2. The summed E-state index contributed by atoms with van der Waals surface area (Å²) in [6, 6.07) is 26.7. The van der Waals surface area contributed by atoms with Crippen molar-refractivity contribution in [3.05, 3.63) is 241 Å². The molecule has 4 heteroatoms. The summed E-state index contributed by atoms with van der Waals surface area (Å²) in [6.45, 7) is 24.8. The van der Waals surface area contributed by atoms with Gasteiger partial charge in [0, 0.05) is 58.2 Å². The van der Waals surface area contributed by atoms with E-state index in [4.69, 9.17) is 9.98 Å².